The Hall–Kier alpha value is -0.591. The zero-order chi connectivity index (χ0) is 14.1. The summed E-state index contributed by atoms with van der Waals surface area (Å²) < 4.78 is 20.3. The first-order valence-electron chi connectivity index (χ1n) is 5.75. The van der Waals surface area contributed by atoms with Gasteiger partial charge in [0, 0.05) is 0 Å². The van der Waals surface area contributed by atoms with E-state index in [0.717, 1.165) is 10.9 Å². The first-order chi connectivity index (χ1) is 7.98. The normalized spacial score (nSPS) is 12.6. The zero-order valence-electron chi connectivity index (χ0n) is 11.7. The molecule has 0 saturated carbocycles. The van der Waals surface area contributed by atoms with E-state index < -0.39 is 38.7 Å². The van der Waals surface area contributed by atoms with E-state index >= 15 is 0 Å². The van der Waals surface area contributed by atoms with Crippen LogP contribution in [-0.4, -0.2) is 42.6 Å². The van der Waals surface area contributed by atoms with Crippen molar-refractivity contribution in [2.75, 3.05) is 0 Å². The summed E-state index contributed by atoms with van der Waals surface area (Å²) in [5.74, 6) is -0.401. The van der Waals surface area contributed by atoms with Crippen molar-refractivity contribution in [3.63, 3.8) is 0 Å². The van der Waals surface area contributed by atoms with Gasteiger partial charge in [-0.2, -0.15) is 0 Å². The average molecular weight is 361 g/mol. The van der Waals surface area contributed by atoms with Gasteiger partial charge in [0.1, 0.15) is 0 Å². The molecular weight excluding hydrogens is 342 g/mol. The van der Waals surface area contributed by atoms with Gasteiger partial charge in [-0.05, 0) is 0 Å². The molecule has 1 aromatic heterocycles. The van der Waals surface area contributed by atoms with Crippen molar-refractivity contribution in [1.82, 2.24) is 9.78 Å². The quantitative estimate of drug-likeness (QED) is 0.722. The van der Waals surface area contributed by atoms with Gasteiger partial charge in [0.25, 0.3) is 0 Å². The number of aromatic nitrogens is 2. The third kappa shape index (κ3) is 4.96. The van der Waals surface area contributed by atoms with E-state index in [4.69, 9.17) is 4.74 Å². The monoisotopic (exact) mass is 362 g/mol. The SMILES string of the molecule is CC(C)(C)OC(=O)n1cc(F)[c]([Sn][C](C)(C)C)n1. The second-order valence-electron chi connectivity index (χ2n) is 6.13. The summed E-state index contributed by atoms with van der Waals surface area (Å²) in [5.41, 5.74) is -0.607. The maximum absolute atomic E-state index is 13.7. The Morgan fingerprint density at radius 2 is 1.89 bits per heavy atom. The van der Waals surface area contributed by atoms with Crippen LogP contribution in [0.2, 0.25) is 3.43 Å². The molecule has 1 aromatic rings. The van der Waals surface area contributed by atoms with Gasteiger partial charge in [0.2, 0.25) is 0 Å². The first-order valence-corrected chi connectivity index (χ1v) is 8.60. The molecule has 18 heavy (non-hydrogen) atoms. The second-order valence-corrected chi connectivity index (χ2v) is 12.5. The fraction of sp³-hybridized carbons (Fsp3) is 0.667. The maximum atomic E-state index is 13.7. The van der Waals surface area contributed by atoms with Crippen molar-refractivity contribution in [1.29, 1.82) is 0 Å². The van der Waals surface area contributed by atoms with Crippen molar-refractivity contribution in [2.45, 2.75) is 50.6 Å². The molecule has 0 atom stereocenters. The van der Waals surface area contributed by atoms with E-state index in [-0.39, 0.29) is 3.43 Å². The predicted molar refractivity (Wildman–Crippen MR) is 68.9 cm³/mol. The van der Waals surface area contributed by atoms with Crippen LogP contribution < -0.4 is 3.71 Å². The van der Waals surface area contributed by atoms with Crippen LogP contribution in [0.4, 0.5) is 9.18 Å². The van der Waals surface area contributed by atoms with Gasteiger partial charge < -0.3 is 0 Å². The molecule has 0 aliphatic carbocycles. The van der Waals surface area contributed by atoms with E-state index in [9.17, 15) is 9.18 Å². The van der Waals surface area contributed by atoms with Crippen LogP contribution in [0, 0.1) is 5.82 Å². The minimum atomic E-state index is -1.17. The van der Waals surface area contributed by atoms with Crippen LogP contribution in [0.25, 0.3) is 0 Å². The molecule has 0 amide bonds. The number of rotatable bonds is 1. The standard InChI is InChI=1S/C8H10FN2O2.C4H9.Sn/c1-8(2,3)13-7(12)11-5-6(9)4-10-11;1-4(2)3;/h5H,1-3H3;1-3H3;. The summed E-state index contributed by atoms with van der Waals surface area (Å²) in [4.78, 5) is 11.7. The van der Waals surface area contributed by atoms with Gasteiger partial charge in [0.15, 0.2) is 0 Å². The van der Waals surface area contributed by atoms with E-state index in [1.165, 1.54) is 0 Å². The summed E-state index contributed by atoms with van der Waals surface area (Å²) in [6.07, 6.45) is 0.469. The molecule has 0 spiro atoms. The molecular formula is C12H19FN2O2Sn. The molecule has 1 rings (SSSR count). The molecule has 2 radical (unpaired) electrons. The number of carbonyl (C=O) groups is 1. The molecule has 4 nitrogen and oxygen atoms in total. The molecule has 0 saturated heterocycles. The number of hydrogen-bond acceptors (Lipinski definition) is 3. The topological polar surface area (TPSA) is 44.1 Å². The number of halogens is 1. The van der Waals surface area contributed by atoms with Crippen molar-refractivity contribution in [2.24, 2.45) is 0 Å². The minimum absolute atomic E-state index is 0.0807. The third-order valence-corrected chi connectivity index (χ3v) is 5.53. The molecule has 0 aliphatic rings. The third-order valence-electron chi connectivity index (χ3n) is 1.74. The number of hydrogen-bond donors (Lipinski definition) is 0. The van der Waals surface area contributed by atoms with Gasteiger partial charge in [0.05, 0.1) is 0 Å². The van der Waals surface area contributed by atoms with E-state index in [1.54, 1.807) is 20.8 Å². The Labute approximate surface area is 117 Å². The molecule has 1 heterocycles. The van der Waals surface area contributed by atoms with Gasteiger partial charge >= 0.3 is 117 Å². The second kappa shape index (κ2) is 5.19. The Morgan fingerprint density at radius 3 is 2.33 bits per heavy atom. The Bertz CT molecular complexity index is 444. The van der Waals surface area contributed by atoms with E-state index in [0.29, 0.717) is 3.71 Å². The molecule has 0 aliphatic heterocycles. The van der Waals surface area contributed by atoms with Gasteiger partial charge in [-0.25, -0.2) is 0 Å². The first kappa shape index (κ1) is 15.5. The fourth-order valence-electron chi connectivity index (χ4n) is 1.20. The molecule has 0 fully saturated rings. The fourth-order valence-corrected chi connectivity index (χ4v) is 4.20. The van der Waals surface area contributed by atoms with Crippen LogP contribution in [0.3, 0.4) is 0 Å². The van der Waals surface area contributed by atoms with Crippen LogP contribution in [-0.2, 0) is 4.74 Å². The summed E-state index contributed by atoms with van der Waals surface area (Å²) in [6, 6.07) is 0. The van der Waals surface area contributed by atoms with Crippen LogP contribution in [0.5, 0.6) is 0 Å². The van der Waals surface area contributed by atoms with Crippen molar-refractivity contribution in [3.8, 4) is 0 Å². The van der Waals surface area contributed by atoms with Crippen LogP contribution >= 0.6 is 0 Å². The van der Waals surface area contributed by atoms with Gasteiger partial charge in [-0.3, -0.25) is 0 Å². The molecule has 0 unspecified atom stereocenters. The average Bonchev–Trinajstić information content (AvgIpc) is 2.42. The van der Waals surface area contributed by atoms with Crippen LogP contribution in [0.1, 0.15) is 41.5 Å². The number of nitrogens with zero attached hydrogens (tertiary/aromatic N) is 2. The van der Waals surface area contributed by atoms with Gasteiger partial charge in [-0.15, -0.1) is 0 Å². The Balaban J connectivity index is 2.87. The predicted octanol–water partition coefficient (Wildman–Crippen LogP) is 2.35. The number of ether oxygens (including phenoxy) is 1. The summed E-state index contributed by atoms with van der Waals surface area (Å²) in [7, 11) is 0. The van der Waals surface area contributed by atoms with Crippen LogP contribution in [0.15, 0.2) is 6.20 Å². The van der Waals surface area contributed by atoms with Crippen molar-refractivity contribution < 1.29 is 13.9 Å². The molecule has 0 N–H and O–H groups in total. The molecule has 6 heteroatoms. The van der Waals surface area contributed by atoms with Crippen molar-refractivity contribution in [3.05, 3.63) is 12.0 Å². The molecule has 0 bridgehead atoms. The summed E-state index contributed by atoms with van der Waals surface area (Å²) >= 11 is -1.17. The zero-order valence-corrected chi connectivity index (χ0v) is 14.5. The Kier molecular flexibility index (Phi) is 4.46. The molecule has 0 aromatic carbocycles. The molecule has 100 valence electrons. The van der Waals surface area contributed by atoms with Crippen molar-refractivity contribution >= 4 is 30.9 Å². The van der Waals surface area contributed by atoms with Gasteiger partial charge in [-0.1, -0.05) is 0 Å². The summed E-state index contributed by atoms with van der Waals surface area (Å²) in [6.45, 7) is 11.5. The van der Waals surface area contributed by atoms with E-state index in [2.05, 4.69) is 25.9 Å². The Morgan fingerprint density at radius 1 is 1.33 bits per heavy atom. The number of carbonyl (C=O) groups excluding carboxylic acids is 1. The van der Waals surface area contributed by atoms with E-state index in [1.807, 2.05) is 0 Å². The summed E-state index contributed by atoms with van der Waals surface area (Å²) in [5, 5.41) is 4.02.